The SMILES string of the molecule is CCCC(C)COc1ccc([C@H](CNC(=O)[C@@H](C)[C@@H](C)CC)NC(=O)[C@@H](C)c2ccccc2)cc1. The van der Waals surface area contributed by atoms with Crippen LogP contribution in [-0.2, 0) is 9.59 Å². The van der Waals surface area contributed by atoms with Crippen LogP contribution in [0.3, 0.4) is 0 Å². The predicted molar refractivity (Wildman–Crippen MR) is 143 cm³/mol. The van der Waals surface area contributed by atoms with Gasteiger partial charge in [0.05, 0.1) is 18.6 Å². The average molecular weight is 481 g/mol. The smallest absolute Gasteiger partial charge is 0.227 e. The van der Waals surface area contributed by atoms with Gasteiger partial charge in [-0.05, 0) is 48.4 Å². The Hall–Kier alpha value is -2.82. The number of rotatable bonds is 14. The molecule has 192 valence electrons. The van der Waals surface area contributed by atoms with Crippen LogP contribution >= 0.6 is 0 Å². The first-order valence-electron chi connectivity index (χ1n) is 13.1. The zero-order chi connectivity index (χ0) is 25.8. The molecule has 1 unspecified atom stereocenters. The lowest BCUT2D eigenvalue weighted by atomic mass is 9.92. The quantitative estimate of drug-likeness (QED) is 0.335. The van der Waals surface area contributed by atoms with Gasteiger partial charge in [-0.2, -0.15) is 0 Å². The van der Waals surface area contributed by atoms with E-state index in [0.29, 0.717) is 25.0 Å². The highest BCUT2D eigenvalue weighted by atomic mass is 16.5. The minimum absolute atomic E-state index is 0.0135. The van der Waals surface area contributed by atoms with Crippen LogP contribution in [0.5, 0.6) is 5.75 Å². The zero-order valence-electron chi connectivity index (χ0n) is 22.3. The number of carbonyl (C=O) groups is 2. The van der Waals surface area contributed by atoms with Crippen molar-refractivity contribution in [1.82, 2.24) is 10.6 Å². The zero-order valence-corrected chi connectivity index (χ0v) is 22.3. The summed E-state index contributed by atoms with van der Waals surface area (Å²) in [4.78, 5) is 25.9. The van der Waals surface area contributed by atoms with Crippen LogP contribution in [0, 0.1) is 17.8 Å². The fourth-order valence-corrected chi connectivity index (χ4v) is 4.03. The molecule has 5 atom stereocenters. The summed E-state index contributed by atoms with van der Waals surface area (Å²) in [5.74, 6) is 1.19. The number of amides is 2. The third-order valence-corrected chi connectivity index (χ3v) is 7.00. The van der Waals surface area contributed by atoms with Crippen LogP contribution in [0.15, 0.2) is 54.6 Å². The summed E-state index contributed by atoms with van der Waals surface area (Å²) in [5, 5.41) is 6.23. The molecule has 0 spiro atoms. The lowest BCUT2D eigenvalue weighted by Gasteiger charge is -2.24. The van der Waals surface area contributed by atoms with E-state index in [1.54, 1.807) is 0 Å². The Labute approximate surface area is 212 Å². The van der Waals surface area contributed by atoms with E-state index in [2.05, 4.69) is 38.3 Å². The largest absolute Gasteiger partial charge is 0.493 e. The molecule has 0 radical (unpaired) electrons. The second kappa shape index (κ2) is 14.6. The molecule has 5 heteroatoms. The molecule has 2 rings (SSSR count). The van der Waals surface area contributed by atoms with Crippen molar-refractivity contribution in [3.8, 4) is 5.75 Å². The van der Waals surface area contributed by atoms with Crippen LogP contribution in [0.1, 0.15) is 83.9 Å². The van der Waals surface area contributed by atoms with E-state index in [4.69, 9.17) is 4.74 Å². The lowest BCUT2D eigenvalue weighted by Crippen LogP contribution is -2.41. The molecule has 0 fully saturated rings. The number of carbonyl (C=O) groups excluding carboxylic acids is 2. The predicted octanol–water partition coefficient (Wildman–Crippen LogP) is 6.26. The Balaban J connectivity index is 2.13. The molecule has 0 bridgehead atoms. The van der Waals surface area contributed by atoms with Gasteiger partial charge in [0.2, 0.25) is 11.8 Å². The second-order valence-electron chi connectivity index (χ2n) is 9.89. The van der Waals surface area contributed by atoms with E-state index in [0.717, 1.165) is 36.1 Å². The van der Waals surface area contributed by atoms with E-state index in [-0.39, 0.29) is 29.7 Å². The van der Waals surface area contributed by atoms with Crippen LogP contribution in [0.2, 0.25) is 0 Å². The fourth-order valence-electron chi connectivity index (χ4n) is 4.03. The van der Waals surface area contributed by atoms with E-state index in [1.165, 1.54) is 0 Å². The first kappa shape index (κ1) is 28.4. The van der Waals surface area contributed by atoms with Crippen molar-refractivity contribution >= 4 is 11.8 Å². The van der Waals surface area contributed by atoms with Gasteiger partial charge >= 0.3 is 0 Å². The number of hydrogen-bond donors (Lipinski definition) is 2. The van der Waals surface area contributed by atoms with Crippen molar-refractivity contribution in [1.29, 1.82) is 0 Å². The highest BCUT2D eigenvalue weighted by molar-refractivity contribution is 5.84. The van der Waals surface area contributed by atoms with Crippen LogP contribution in [0.4, 0.5) is 0 Å². The van der Waals surface area contributed by atoms with Gasteiger partial charge in [0.25, 0.3) is 0 Å². The van der Waals surface area contributed by atoms with Gasteiger partial charge in [0.1, 0.15) is 5.75 Å². The highest BCUT2D eigenvalue weighted by Crippen LogP contribution is 2.22. The van der Waals surface area contributed by atoms with Crippen molar-refractivity contribution in [2.45, 2.75) is 72.8 Å². The number of nitrogens with one attached hydrogen (secondary N) is 2. The van der Waals surface area contributed by atoms with Crippen molar-refractivity contribution in [3.05, 3.63) is 65.7 Å². The molecule has 0 saturated carbocycles. The molecule has 0 heterocycles. The molecule has 0 aromatic heterocycles. The topological polar surface area (TPSA) is 67.4 Å². The first-order chi connectivity index (χ1) is 16.8. The van der Waals surface area contributed by atoms with Gasteiger partial charge in [-0.1, -0.05) is 89.9 Å². The molecule has 2 aromatic rings. The van der Waals surface area contributed by atoms with Crippen LogP contribution in [0.25, 0.3) is 0 Å². The van der Waals surface area contributed by atoms with E-state index in [1.807, 2.05) is 68.4 Å². The van der Waals surface area contributed by atoms with Gasteiger partial charge in [0.15, 0.2) is 0 Å². The van der Waals surface area contributed by atoms with Gasteiger partial charge in [-0.3, -0.25) is 9.59 Å². The summed E-state index contributed by atoms with van der Waals surface area (Å²) >= 11 is 0. The first-order valence-corrected chi connectivity index (χ1v) is 13.1. The molecule has 35 heavy (non-hydrogen) atoms. The molecule has 0 aliphatic carbocycles. The van der Waals surface area contributed by atoms with Gasteiger partial charge in [-0.15, -0.1) is 0 Å². The summed E-state index contributed by atoms with van der Waals surface area (Å²) in [6.45, 7) is 13.4. The lowest BCUT2D eigenvalue weighted by molar-refractivity contribution is -0.127. The van der Waals surface area contributed by atoms with Gasteiger partial charge in [-0.25, -0.2) is 0 Å². The van der Waals surface area contributed by atoms with Gasteiger partial charge < -0.3 is 15.4 Å². The van der Waals surface area contributed by atoms with Crippen molar-refractivity contribution in [2.24, 2.45) is 17.8 Å². The summed E-state index contributed by atoms with van der Waals surface area (Å²) in [5.41, 5.74) is 1.90. The molecule has 0 aliphatic rings. The van der Waals surface area contributed by atoms with E-state index < -0.39 is 0 Å². The highest BCUT2D eigenvalue weighted by Gasteiger charge is 2.23. The second-order valence-corrected chi connectivity index (χ2v) is 9.89. The maximum absolute atomic E-state index is 13.1. The molecule has 2 aromatic carbocycles. The standard InChI is InChI=1S/C30H44N2O3/c1-7-12-21(3)20-35-27-17-15-26(16-18-27)28(19-31-29(33)23(5)22(4)8-2)32-30(34)24(6)25-13-10-9-11-14-25/h9-11,13-18,21-24,28H,7-8,12,19-20H2,1-6H3,(H,31,33)(H,32,34)/t21?,22-,23-,24-,28-/m0/s1. The molecule has 5 nitrogen and oxygen atoms in total. The molecular weight excluding hydrogens is 436 g/mol. The molecule has 2 amide bonds. The summed E-state index contributed by atoms with van der Waals surface area (Å²) in [6, 6.07) is 17.2. The molecule has 0 saturated heterocycles. The maximum Gasteiger partial charge on any atom is 0.227 e. The average Bonchev–Trinajstić information content (AvgIpc) is 2.89. The number of hydrogen-bond acceptors (Lipinski definition) is 3. The third kappa shape index (κ3) is 9.04. The van der Waals surface area contributed by atoms with E-state index in [9.17, 15) is 9.59 Å². The van der Waals surface area contributed by atoms with Crippen LogP contribution < -0.4 is 15.4 Å². The molecule has 0 aliphatic heterocycles. The molecule has 2 N–H and O–H groups in total. The normalized spacial score (nSPS) is 15.4. The Bertz CT molecular complexity index is 898. The van der Waals surface area contributed by atoms with Crippen molar-refractivity contribution in [2.75, 3.05) is 13.2 Å². The van der Waals surface area contributed by atoms with Crippen LogP contribution in [-0.4, -0.2) is 25.0 Å². The Kier molecular flexibility index (Phi) is 11.8. The fraction of sp³-hybridized carbons (Fsp3) is 0.533. The minimum Gasteiger partial charge on any atom is -0.493 e. The Morgan fingerprint density at radius 3 is 2.11 bits per heavy atom. The summed E-state index contributed by atoms with van der Waals surface area (Å²) < 4.78 is 5.94. The Morgan fingerprint density at radius 2 is 1.51 bits per heavy atom. The number of benzene rings is 2. The maximum atomic E-state index is 13.1. The monoisotopic (exact) mass is 480 g/mol. The van der Waals surface area contributed by atoms with Gasteiger partial charge in [0, 0.05) is 12.5 Å². The van der Waals surface area contributed by atoms with Crippen molar-refractivity contribution in [3.63, 3.8) is 0 Å². The molecular formula is C30H44N2O3. The Morgan fingerprint density at radius 1 is 0.857 bits per heavy atom. The summed E-state index contributed by atoms with van der Waals surface area (Å²) in [7, 11) is 0. The van der Waals surface area contributed by atoms with Crippen molar-refractivity contribution < 1.29 is 14.3 Å². The minimum atomic E-state index is -0.338. The number of ether oxygens (including phenoxy) is 1. The third-order valence-electron chi connectivity index (χ3n) is 7.00. The van der Waals surface area contributed by atoms with E-state index >= 15 is 0 Å². The summed E-state index contributed by atoms with van der Waals surface area (Å²) in [6.07, 6.45) is 3.23.